The average molecular weight is 466 g/mol. The zero-order chi connectivity index (χ0) is 23.0. The summed E-state index contributed by atoms with van der Waals surface area (Å²) in [6.07, 6.45) is 14.3. The summed E-state index contributed by atoms with van der Waals surface area (Å²) in [5.74, 6) is 0. The molecule has 0 N–H and O–H groups in total. The van der Waals surface area contributed by atoms with Gasteiger partial charge in [-0.15, -0.1) is 0 Å². The van der Waals surface area contributed by atoms with Crippen LogP contribution >= 0.6 is 7.81 Å². The first-order valence-electron chi connectivity index (χ1n) is 10.1. The van der Waals surface area contributed by atoms with Crippen LogP contribution in [0.3, 0.4) is 0 Å². The standard InChI is InChI=1S/C16H36N.C2H6OS.F6P/c1-5-9-13-17(14-10-6-2,15-11-7-3)16-12-8-4;1-4(2)3;1-7(2,3,4,5)6/h5-16H2,1-4H3;1-2H3;/q+1;;-1. The van der Waals surface area contributed by atoms with Crippen molar-refractivity contribution in [1.29, 1.82) is 0 Å². The Morgan fingerprint density at radius 2 is 0.750 bits per heavy atom. The number of halogens is 6. The molecule has 0 aliphatic carbocycles. The molecule has 178 valence electrons. The molecule has 0 spiro atoms. The van der Waals surface area contributed by atoms with E-state index in [9.17, 15) is 29.4 Å². The predicted molar refractivity (Wildman–Crippen MR) is 113 cm³/mol. The van der Waals surface area contributed by atoms with Crippen molar-refractivity contribution in [3.05, 3.63) is 0 Å². The molecule has 0 amide bonds. The summed E-state index contributed by atoms with van der Waals surface area (Å²) < 4.78 is 70.2. The van der Waals surface area contributed by atoms with Crippen LogP contribution in [-0.4, -0.2) is 47.4 Å². The van der Waals surface area contributed by atoms with E-state index in [0.29, 0.717) is 0 Å². The fraction of sp³-hybridized carbons (Fsp3) is 1.00. The van der Waals surface area contributed by atoms with Gasteiger partial charge >= 0.3 is 33.0 Å². The zero-order valence-electron chi connectivity index (χ0n) is 18.5. The third-order valence-corrected chi connectivity index (χ3v) is 3.94. The van der Waals surface area contributed by atoms with Gasteiger partial charge in [0.2, 0.25) is 0 Å². The molecule has 0 saturated carbocycles. The maximum absolute atomic E-state index is 10.7. The van der Waals surface area contributed by atoms with Crippen LogP contribution in [0.25, 0.3) is 0 Å². The zero-order valence-corrected chi connectivity index (χ0v) is 20.2. The second-order valence-electron chi connectivity index (χ2n) is 7.35. The van der Waals surface area contributed by atoms with E-state index in [1.54, 1.807) is 12.5 Å². The molecule has 0 rings (SSSR count). The number of nitrogens with zero attached hydrogens (tertiary/aromatic N) is 1. The fourth-order valence-electron chi connectivity index (χ4n) is 2.64. The van der Waals surface area contributed by atoms with Crippen LogP contribution in [-0.2, 0) is 10.8 Å². The maximum atomic E-state index is 9.87. The first kappa shape index (κ1) is 32.8. The Kier molecular flexibility index (Phi) is 16.6. The Morgan fingerprint density at radius 1 is 0.607 bits per heavy atom. The quantitative estimate of drug-likeness (QED) is 0.161. The SMILES string of the molecule is CCCC[N+](CCCC)(CCCC)CCCC.CS(C)=O.F[P-](F)(F)(F)(F)F. The molecule has 0 aliphatic rings. The van der Waals surface area contributed by atoms with Crippen molar-refractivity contribution in [1.82, 2.24) is 0 Å². The van der Waals surface area contributed by atoms with Crippen LogP contribution in [0.2, 0.25) is 0 Å². The van der Waals surface area contributed by atoms with Crippen LogP contribution < -0.4 is 0 Å². The van der Waals surface area contributed by atoms with Gasteiger partial charge in [-0.25, -0.2) is 0 Å². The molecule has 0 aromatic carbocycles. The van der Waals surface area contributed by atoms with Crippen molar-refractivity contribution in [2.75, 3.05) is 38.7 Å². The molecule has 0 aliphatic heterocycles. The summed E-state index contributed by atoms with van der Waals surface area (Å²) in [5, 5.41) is 0. The normalized spacial score (nSPS) is 14.3. The second kappa shape index (κ2) is 14.2. The second-order valence-corrected chi connectivity index (χ2v) is 10.7. The Morgan fingerprint density at radius 3 is 0.857 bits per heavy atom. The van der Waals surface area contributed by atoms with Crippen LogP contribution in [0.15, 0.2) is 0 Å². The van der Waals surface area contributed by atoms with Gasteiger partial charge in [-0.05, 0) is 25.7 Å². The molecule has 0 unspecified atom stereocenters. The molecule has 0 saturated heterocycles. The fourth-order valence-corrected chi connectivity index (χ4v) is 2.64. The van der Waals surface area contributed by atoms with Gasteiger partial charge in [0, 0.05) is 23.3 Å². The molecule has 10 heteroatoms. The summed E-state index contributed by atoms with van der Waals surface area (Å²) in [6.45, 7) is 15.0. The summed E-state index contributed by atoms with van der Waals surface area (Å²) in [7, 11) is -11.3. The topological polar surface area (TPSA) is 17.1 Å². The van der Waals surface area contributed by atoms with Gasteiger partial charge in [-0.2, -0.15) is 0 Å². The van der Waals surface area contributed by atoms with E-state index in [2.05, 4.69) is 27.7 Å². The van der Waals surface area contributed by atoms with Crippen molar-refractivity contribution < 1.29 is 33.9 Å². The van der Waals surface area contributed by atoms with Gasteiger partial charge in [0.05, 0.1) is 26.2 Å². The monoisotopic (exact) mass is 465 g/mol. The Bertz CT molecular complexity index is 350. The number of hydrogen-bond donors (Lipinski definition) is 0. The molecule has 0 atom stereocenters. The molecule has 28 heavy (non-hydrogen) atoms. The third kappa shape index (κ3) is 40.7. The molecular formula is C18H42F6NOPS. The molecule has 0 heterocycles. The van der Waals surface area contributed by atoms with Gasteiger partial charge in [0.25, 0.3) is 0 Å². The molecule has 0 aromatic heterocycles. The van der Waals surface area contributed by atoms with Gasteiger partial charge in [-0.3, -0.25) is 4.21 Å². The third-order valence-electron chi connectivity index (χ3n) is 3.94. The number of quaternary nitrogens is 1. The minimum atomic E-state index is -10.7. The van der Waals surface area contributed by atoms with E-state index in [1.165, 1.54) is 82.0 Å². The summed E-state index contributed by atoms with van der Waals surface area (Å²) in [5.41, 5.74) is 0. The summed E-state index contributed by atoms with van der Waals surface area (Å²) in [4.78, 5) is 0. The van der Waals surface area contributed by atoms with E-state index in [1.807, 2.05) is 0 Å². The molecule has 0 bridgehead atoms. The van der Waals surface area contributed by atoms with Crippen LogP contribution in [0, 0.1) is 0 Å². The molecule has 2 nitrogen and oxygen atoms in total. The molecule has 0 radical (unpaired) electrons. The first-order chi connectivity index (χ1) is 12.4. The van der Waals surface area contributed by atoms with Crippen molar-refractivity contribution >= 4 is 18.6 Å². The number of unbranched alkanes of at least 4 members (excludes halogenated alkanes) is 4. The van der Waals surface area contributed by atoms with Crippen molar-refractivity contribution in [3.63, 3.8) is 0 Å². The first-order valence-corrected chi connectivity index (χ1v) is 14.1. The van der Waals surface area contributed by atoms with Gasteiger partial charge in [0.1, 0.15) is 0 Å². The Labute approximate surface area is 170 Å². The van der Waals surface area contributed by atoms with Gasteiger partial charge in [0.15, 0.2) is 0 Å². The number of rotatable bonds is 12. The summed E-state index contributed by atoms with van der Waals surface area (Å²) in [6, 6.07) is 0. The van der Waals surface area contributed by atoms with Crippen LogP contribution in [0.1, 0.15) is 79.1 Å². The molecular weight excluding hydrogens is 423 g/mol. The van der Waals surface area contributed by atoms with E-state index < -0.39 is 18.6 Å². The van der Waals surface area contributed by atoms with E-state index in [-0.39, 0.29) is 0 Å². The van der Waals surface area contributed by atoms with Crippen LogP contribution in [0.5, 0.6) is 0 Å². The average Bonchev–Trinajstić information content (AvgIpc) is 2.50. The Balaban J connectivity index is -0.000000466. The van der Waals surface area contributed by atoms with Crippen molar-refractivity contribution in [2.24, 2.45) is 0 Å². The summed E-state index contributed by atoms with van der Waals surface area (Å²) >= 11 is 0. The molecule has 0 aromatic rings. The van der Waals surface area contributed by atoms with Gasteiger partial charge < -0.3 is 4.48 Å². The molecule has 0 fully saturated rings. The van der Waals surface area contributed by atoms with Crippen molar-refractivity contribution in [2.45, 2.75) is 79.1 Å². The minimum absolute atomic E-state index is 0.611. The van der Waals surface area contributed by atoms with E-state index in [0.717, 1.165) is 0 Å². The Hall–Kier alpha value is 0.120. The predicted octanol–water partition coefficient (Wildman–Crippen LogP) is 8.38. The van der Waals surface area contributed by atoms with Gasteiger partial charge in [-0.1, -0.05) is 53.4 Å². The van der Waals surface area contributed by atoms with Crippen LogP contribution in [0.4, 0.5) is 25.2 Å². The van der Waals surface area contributed by atoms with Crippen molar-refractivity contribution in [3.8, 4) is 0 Å². The van der Waals surface area contributed by atoms with E-state index in [4.69, 9.17) is 0 Å². The number of hydrogen-bond acceptors (Lipinski definition) is 1. The van der Waals surface area contributed by atoms with E-state index >= 15 is 0 Å².